The van der Waals surface area contributed by atoms with E-state index >= 15 is 0 Å². The number of nitrogens with one attached hydrogen (secondary N) is 1. The second-order valence-electron chi connectivity index (χ2n) is 5.61. The zero-order valence-corrected chi connectivity index (χ0v) is 15.4. The van der Waals surface area contributed by atoms with Gasteiger partial charge in [0.15, 0.2) is 16.7 Å². The minimum Gasteiger partial charge on any atom is -0.493 e. The number of alkyl halides is 3. The van der Waals surface area contributed by atoms with Gasteiger partial charge in [0, 0.05) is 18.4 Å². The van der Waals surface area contributed by atoms with E-state index in [2.05, 4.69) is 19.7 Å². The lowest BCUT2D eigenvalue weighted by Gasteiger charge is -2.17. The van der Waals surface area contributed by atoms with Crippen LogP contribution in [0.15, 0.2) is 40.6 Å². The molecular formula is C16H16F3N3O4S. The summed E-state index contributed by atoms with van der Waals surface area (Å²) in [5, 5.41) is 0.312. The summed E-state index contributed by atoms with van der Waals surface area (Å²) in [4.78, 5) is 11.2. The number of benzene rings is 1. The van der Waals surface area contributed by atoms with Gasteiger partial charge in [-0.05, 0) is 22.1 Å². The molecule has 0 saturated carbocycles. The van der Waals surface area contributed by atoms with Crippen molar-refractivity contribution in [3.63, 3.8) is 0 Å². The lowest BCUT2D eigenvalue weighted by Crippen LogP contribution is -2.16. The lowest BCUT2D eigenvalue weighted by atomic mass is 10.3. The van der Waals surface area contributed by atoms with Crippen molar-refractivity contribution in [3.8, 4) is 17.2 Å². The second-order valence-corrected chi connectivity index (χ2v) is 8.34. The fraction of sp³-hybridized carbons (Fsp3) is 0.250. The maximum Gasteiger partial charge on any atom is 0.573 e. The van der Waals surface area contributed by atoms with Crippen LogP contribution in [-0.4, -0.2) is 46.0 Å². The summed E-state index contributed by atoms with van der Waals surface area (Å²) in [5.41, 5.74) is 0.608. The topological polar surface area (TPSA) is 86.3 Å². The van der Waals surface area contributed by atoms with Gasteiger partial charge >= 0.3 is 6.36 Å². The summed E-state index contributed by atoms with van der Waals surface area (Å²) in [6.45, 7) is 0. The molecular weight excluding hydrogens is 387 g/mol. The van der Waals surface area contributed by atoms with Gasteiger partial charge in [-0.2, -0.15) is 0 Å². The van der Waals surface area contributed by atoms with E-state index in [-0.39, 0.29) is 15.7 Å². The van der Waals surface area contributed by atoms with Gasteiger partial charge < -0.3 is 19.2 Å². The summed E-state index contributed by atoms with van der Waals surface area (Å²) in [6, 6.07) is 5.11. The molecule has 0 unspecified atom stereocenters. The average Bonchev–Trinajstić information content (AvgIpc) is 3.03. The number of hydrogen-bond donors (Lipinski definition) is 2. The molecule has 0 bridgehead atoms. The fourth-order valence-electron chi connectivity index (χ4n) is 2.44. The summed E-state index contributed by atoms with van der Waals surface area (Å²) in [5.74, 6) is 0.310. The van der Waals surface area contributed by atoms with Crippen molar-refractivity contribution in [3.05, 3.63) is 30.5 Å². The summed E-state index contributed by atoms with van der Waals surface area (Å²) < 4.78 is 64.6. The molecule has 1 aromatic carbocycles. The van der Waals surface area contributed by atoms with Crippen molar-refractivity contribution in [1.29, 1.82) is 0 Å². The Kier molecular flexibility index (Phi) is 4.72. The van der Waals surface area contributed by atoms with Gasteiger partial charge in [-0.25, -0.2) is 9.97 Å². The molecule has 0 saturated heterocycles. The van der Waals surface area contributed by atoms with Gasteiger partial charge in [0.1, 0.15) is 10.8 Å². The van der Waals surface area contributed by atoms with Crippen molar-refractivity contribution in [2.75, 3.05) is 20.5 Å². The fourth-order valence-corrected chi connectivity index (χ4v) is 3.93. The van der Waals surface area contributed by atoms with Crippen LogP contribution in [-0.2, 0) is 9.93 Å². The monoisotopic (exact) mass is 403 g/mol. The number of aromatic amines is 1. The Balaban J connectivity index is 2.01. The van der Waals surface area contributed by atoms with Crippen LogP contribution in [0.1, 0.15) is 0 Å². The zero-order chi connectivity index (χ0) is 19.8. The third-order valence-corrected chi connectivity index (χ3v) is 5.91. The molecule has 0 aliphatic heterocycles. The van der Waals surface area contributed by atoms with Crippen molar-refractivity contribution in [2.24, 2.45) is 0 Å². The molecule has 27 heavy (non-hydrogen) atoms. The van der Waals surface area contributed by atoms with E-state index in [1.165, 1.54) is 38.8 Å². The van der Waals surface area contributed by atoms with Crippen LogP contribution < -0.4 is 14.2 Å². The number of rotatable bonds is 5. The third-order valence-electron chi connectivity index (χ3n) is 3.77. The molecule has 2 heterocycles. The van der Waals surface area contributed by atoms with Crippen LogP contribution in [0, 0.1) is 0 Å². The number of ether oxygens (including phenoxy) is 3. The molecule has 1 N–H and O–H groups in total. The normalized spacial score (nSPS) is 12.8. The predicted octanol–water partition coefficient (Wildman–Crippen LogP) is 2.94. The summed E-state index contributed by atoms with van der Waals surface area (Å²) >= 11 is 0. The van der Waals surface area contributed by atoms with Crippen molar-refractivity contribution in [1.82, 2.24) is 15.0 Å². The van der Waals surface area contributed by atoms with E-state index in [4.69, 9.17) is 9.47 Å². The molecule has 3 rings (SSSR count). The number of fused-ring (bicyclic) bond motifs is 1. The summed E-state index contributed by atoms with van der Waals surface area (Å²) in [7, 11) is -0.388. The van der Waals surface area contributed by atoms with Crippen LogP contribution in [0.2, 0.25) is 0 Å². The van der Waals surface area contributed by atoms with Gasteiger partial charge in [-0.1, -0.05) is 0 Å². The molecule has 11 heteroatoms. The highest BCUT2D eigenvalue weighted by atomic mass is 32.2. The Morgan fingerprint density at radius 2 is 1.81 bits per heavy atom. The predicted molar refractivity (Wildman–Crippen MR) is 92.1 cm³/mol. The van der Waals surface area contributed by atoms with E-state index in [0.717, 1.165) is 12.1 Å². The smallest absolute Gasteiger partial charge is 0.493 e. The SMILES string of the molecule is COc1cnc([SH](C)(=O)c2nc3cc(OC(F)(F)F)ccc3[nH]2)cc1OC. The van der Waals surface area contributed by atoms with Gasteiger partial charge in [-0.15, -0.1) is 13.2 Å². The molecule has 3 aromatic rings. The Labute approximate surface area is 152 Å². The van der Waals surface area contributed by atoms with E-state index < -0.39 is 22.0 Å². The molecule has 0 amide bonds. The molecule has 7 nitrogen and oxygen atoms in total. The largest absolute Gasteiger partial charge is 0.573 e. The molecule has 0 spiro atoms. The number of pyridine rings is 1. The average molecular weight is 403 g/mol. The van der Waals surface area contributed by atoms with Gasteiger partial charge in [0.05, 0.1) is 31.4 Å². The minimum absolute atomic E-state index is 0.0985. The van der Waals surface area contributed by atoms with Gasteiger partial charge in [0.25, 0.3) is 0 Å². The van der Waals surface area contributed by atoms with Crippen molar-refractivity contribution in [2.45, 2.75) is 16.5 Å². The van der Waals surface area contributed by atoms with Crippen LogP contribution in [0.25, 0.3) is 11.0 Å². The Hall–Kier alpha value is -2.82. The highest BCUT2D eigenvalue weighted by Gasteiger charge is 2.31. The Morgan fingerprint density at radius 3 is 2.44 bits per heavy atom. The third kappa shape index (κ3) is 3.82. The first-order valence-corrected chi connectivity index (χ1v) is 9.71. The lowest BCUT2D eigenvalue weighted by molar-refractivity contribution is -0.274. The Bertz CT molecular complexity index is 1040. The first kappa shape index (κ1) is 19.0. The van der Waals surface area contributed by atoms with E-state index in [0.29, 0.717) is 17.0 Å². The van der Waals surface area contributed by atoms with E-state index in [1.54, 1.807) is 0 Å². The number of aromatic nitrogens is 3. The molecule has 0 radical (unpaired) electrons. The molecule has 0 aliphatic carbocycles. The molecule has 0 atom stereocenters. The van der Waals surface area contributed by atoms with Crippen molar-refractivity contribution >= 4 is 21.0 Å². The maximum absolute atomic E-state index is 13.3. The number of H-pyrrole nitrogens is 1. The zero-order valence-electron chi connectivity index (χ0n) is 14.5. The first-order chi connectivity index (χ1) is 12.6. The number of hydrogen-bond acceptors (Lipinski definition) is 6. The highest BCUT2D eigenvalue weighted by molar-refractivity contribution is 8.02. The number of nitrogens with zero attached hydrogens (tertiary/aromatic N) is 2. The maximum atomic E-state index is 13.3. The minimum atomic E-state index is -4.81. The van der Waals surface area contributed by atoms with E-state index in [1.807, 2.05) is 0 Å². The number of thiol groups is 1. The highest BCUT2D eigenvalue weighted by Crippen LogP contribution is 2.33. The summed E-state index contributed by atoms with van der Waals surface area (Å²) in [6.07, 6.45) is -1.98. The molecule has 0 aliphatic rings. The second kappa shape index (κ2) is 6.72. The molecule has 0 fully saturated rings. The number of halogens is 3. The van der Waals surface area contributed by atoms with Crippen molar-refractivity contribution < 1.29 is 31.6 Å². The molecule has 2 aromatic heterocycles. The van der Waals surface area contributed by atoms with Crippen LogP contribution >= 0.6 is 0 Å². The quantitative estimate of drug-likeness (QED) is 0.637. The molecule has 146 valence electrons. The first-order valence-electron chi connectivity index (χ1n) is 7.56. The van der Waals surface area contributed by atoms with Gasteiger partial charge in [0.2, 0.25) is 0 Å². The van der Waals surface area contributed by atoms with Crippen LogP contribution in [0.4, 0.5) is 13.2 Å². The van der Waals surface area contributed by atoms with Crippen LogP contribution in [0.5, 0.6) is 17.2 Å². The Morgan fingerprint density at radius 1 is 1.11 bits per heavy atom. The standard InChI is InChI=1S/C16H16F3N3O4S/c1-24-12-7-14(20-8-13(12)25-2)27(3,23)15-21-10-5-4-9(6-11(10)22-15)26-16(17,18)19/h4-8,27H,1-3H3,(H,21,22). The number of imidazole rings is 1. The van der Waals surface area contributed by atoms with Crippen LogP contribution in [0.3, 0.4) is 0 Å². The number of methoxy groups -OCH3 is 2. The van der Waals surface area contributed by atoms with Gasteiger partial charge in [-0.3, -0.25) is 4.21 Å². The van der Waals surface area contributed by atoms with E-state index in [9.17, 15) is 17.4 Å².